The molecule has 4 N–H and O–H groups in total. The molecular weight excluding hydrogens is 544 g/mol. The highest BCUT2D eigenvalue weighted by atomic mass is 32.2. The molecule has 2 unspecified atom stereocenters. The van der Waals surface area contributed by atoms with Crippen LogP contribution in [0.25, 0.3) is 0 Å². The van der Waals surface area contributed by atoms with Gasteiger partial charge in [-0.2, -0.15) is 9.36 Å². The van der Waals surface area contributed by atoms with Crippen molar-refractivity contribution in [1.82, 2.24) is 39.8 Å². The van der Waals surface area contributed by atoms with Crippen LogP contribution in [0, 0.1) is 0 Å². The molecule has 194 valence electrons. The first-order valence-electron chi connectivity index (χ1n) is 10.5. The van der Waals surface area contributed by atoms with Gasteiger partial charge in [0.15, 0.2) is 5.13 Å². The number of aromatic nitrogens is 6. The van der Waals surface area contributed by atoms with E-state index in [2.05, 4.69) is 48.5 Å². The molecule has 1 fully saturated rings. The summed E-state index contributed by atoms with van der Waals surface area (Å²) in [4.78, 5) is 48.2. The van der Waals surface area contributed by atoms with Gasteiger partial charge in [-0.15, -0.1) is 23.4 Å². The number of hydrogen-bond donors (Lipinski definition) is 3. The molecule has 2 atom stereocenters. The number of fused-ring (bicyclic) bond motifs is 1. The average Bonchev–Trinajstić information content (AvgIpc) is 3.51. The van der Waals surface area contributed by atoms with Crippen LogP contribution in [0.3, 0.4) is 0 Å². The maximum absolute atomic E-state index is 13.0. The lowest BCUT2D eigenvalue weighted by Crippen LogP contribution is -2.71. The van der Waals surface area contributed by atoms with E-state index >= 15 is 0 Å². The molecule has 0 aliphatic carbocycles. The fourth-order valence-electron chi connectivity index (χ4n) is 3.36. The molecule has 0 aromatic carbocycles. The Morgan fingerprint density at radius 2 is 2.19 bits per heavy atom. The first-order valence-corrected chi connectivity index (χ1v) is 13.3. The number of carbonyl (C=O) groups excluding carboxylic acids is 2. The van der Waals surface area contributed by atoms with Crippen LogP contribution >= 0.6 is 35.1 Å². The third kappa shape index (κ3) is 5.49. The van der Waals surface area contributed by atoms with Crippen molar-refractivity contribution >= 4 is 63.7 Å². The number of nitrogen functional groups attached to an aromatic ring is 1. The molecule has 2 amide bonds. The van der Waals surface area contributed by atoms with E-state index in [9.17, 15) is 19.5 Å². The molecule has 37 heavy (non-hydrogen) atoms. The van der Waals surface area contributed by atoms with Crippen LogP contribution in [-0.4, -0.2) is 92.6 Å². The summed E-state index contributed by atoms with van der Waals surface area (Å²) in [5.41, 5.74) is 5.76. The van der Waals surface area contributed by atoms with Crippen LogP contribution in [0.4, 0.5) is 5.13 Å². The van der Waals surface area contributed by atoms with Gasteiger partial charge in [-0.1, -0.05) is 35.6 Å². The summed E-state index contributed by atoms with van der Waals surface area (Å²) in [6.07, 6.45) is 3.07. The number of carboxylic acids is 1. The van der Waals surface area contributed by atoms with Gasteiger partial charge < -0.3 is 21.0 Å². The molecule has 2 aliphatic rings. The van der Waals surface area contributed by atoms with Crippen molar-refractivity contribution in [3.8, 4) is 0 Å². The number of β-lactam (4-membered cyclic amide) rings is 1. The summed E-state index contributed by atoms with van der Waals surface area (Å²) in [5, 5.41) is 27.6. The van der Waals surface area contributed by atoms with Gasteiger partial charge in [0.25, 0.3) is 11.8 Å². The van der Waals surface area contributed by atoms with Crippen LogP contribution in [0.2, 0.25) is 0 Å². The summed E-state index contributed by atoms with van der Waals surface area (Å²) < 4.78 is 5.50. The molecule has 1 saturated heterocycles. The maximum atomic E-state index is 13.0. The molecule has 0 spiro atoms. The van der Waals surface area contributed by atoms with Gasteiger partial charge in [0.05, 0.1) is 6.54 Å². The van der Waals surface area contributed by atoms with E-state index in [1.54, 1.807) is 6.08 Å². The van der Waals surface area contributed by atoms with Crippen LogP contribution in [0.5, 0.6) is 0 Å². The van der Waals surface area contributed by atoms with E-state index in [1.807, 2.05) is 0 Å². The Labute approximate surface area is 222 Å². The van der Waals surface area contributed by atoms with Crippen molar-refractivity contribution in [3.05, 3.63) is 42.4 Å². The van der Waals surface area contributed by atoms with E-state index in [0.717, 1.165) is 11.5 Å². The fourth-order valence-corrected chi connectivity index (χ4v) is 6.17. The Morgan fingerprint density at radius 3 is 2.86 bits per heavy atom. The van der Waals surface area contributed by atoms with Crippen LogP contribution in [0.15, 0.2) is 46.9 Å². The lowest BCUT2D eigenvalue weighted by atomic mass is 10.0. The van der Waals surface area contributed by atoms with Crippen molar-refractivity contribution < 1.29 is 24.3 Å². The summed E-state index contributed by atoms with van der Waals surface area (Å²) in [5.74, 6) is -2.06. The zero-order valence-electron chi connectivity index (χ0n) is 19.0. The van der Waals surface area contributed by atoms with E-state index < -0.39 is 29.2 Å². The quantitative estimate of drug-likeness (QED) is 0.0759. The lowest BCUT2D eigenvalue weighted by Gasteiger charge is -2.49. The van der Waals surface area contributed by atoms with Gasteiger partial charge in [0.2, 0.25) is 16.7 Å². The number of thioether (sulfide) groups is 2. The summed E-state index contributed by atoms with van der Waals surface area (Å²) in [6.45, 7) is 7.58. The van der Waals surface area contributed by atoms with Crippen molar-refractivity contribution in [2.75, 3.05) is 23.8 Å². The number of rotatable bonds is 12. The minimum absolute atomic E-state index is 0.0263. The minimum Gasteiger partial charge on any atom is -0.477 e. The zero-order valence-corrected chi connectivity index (χ0v) is 21.5. The van der Waals surface area contributed by atoms with Crippen LogP contribution < -0.4 is 11.1 Å². The number of tetrazole rings is 1. The SMILES string of the molecule is C=CCO/N=C(/C(=O)NC1C(=O)N2C(C(=O)O)=C(CSc3nnnn3CC=C)CSC12)c1nsc(N)n1. The second-order valence-corrected chi connectivity index (χ2v) is 10.2. The van der Waals surface area contributed by atoms with E-state index in [4.69, 9.17) is 10.6 Å². The van der Waals surface area contributed by atoms with Crippen LogP contribution in [0.1, 0.15) is 5.82 Å². The number of nitrogens with one attached hydrogen (secondary N) is 1. The molecule has 2 aliphatic heterocycles. The van der Waals surface area contributed by atoms with Gasteiger partial charge in [0, 0.05) is 23.0 Å². The first-order chi connectivity index (χ1) is 17.8. The second-order valence-electron chi connectivity index (χ2n) is 7.32. The maximum Gasteiger partial charge on any atom is 0.352 e. The molecule has 0 bridgehead atoms. The van der Waals surface area contributed by atoms with Gasteiger partial charge in [0.1, 0.15) is 23.7 Å². The Morgan fingerprint density at radius 1 is 1.38 bits per heavy atom. The Balaban J connectivity index is 1.49. The van der Waals surface area contributed by atoms with Crippen molar-refractivity contribution in [3.63, 3.8) is 0 Å². The lowest BCUT2D eigenvalue weighted by molar-refractivity contribution is -0.150. The standard InChI is InChI=1S/C19H20N10O5S3/c1-3-5-28-19(23-26-27-28)36-8-9-7-35-16-11(15(31)29(16)12(9)17(32)33)21-14(30)10(24-34-6-4-2)13-22-18(20)37-25-13/h3-4,11,16H,1-2,5-8H2,(H,21,30)(H,32,33)(H2,20,22,25)/b24-10+. The highest BCUT2D eigenvalue weighted by Crippen LogP contribution is 2.41. The number of hydrogen-bond acceptors (Lipinski definition) is 14. The number of anilines is 1. The highest BCUT2D eigenvalue weighted by molar-refractivity contribution is 8.01. The predicted molar refractivity (Wildman–Crippen MR) is 135 cm³/mol. The first kappa shape index (κ1) is 26.3. The summed E-state index contributed by atoms with van der Waals surface area (Å²) in [7, 11) is 0. The number of carboxylic acid groups (broad SMARTS) is 1. The summed E-state index contributed by atoms with van der Waals surface area (Å²) >= 11 is 3.45. The topological polar surface area (TPSA) is 204 Å². The van der Waals surface area contributed by atoms with Crippen molar-refractivity contribution in [2.24, 2.45) is 5.16 Å². The van der Waals surface area contributed by atoms with Gasteiger partial charge in [-0.25, -0.2) is 9.48 Å². The van der Waals surface area contributed by atoms with E-state index in [1.165, 1.54) is 39.2 Å². The molecule has 0 saturated carbocycles. The molecule has 2 aromatic heterocycles. The minimum atomic E-state index is -1.24. The molecule has 4 heterocycles. The number of nitrogens with two attached hydrogens (primary N) is 1. The van der Waals surface area contributed by atoms with Gasteiger partial charge >= 0.3 is 5.97 Å². The largest absolute Gasteiger partial charge is 0.477 e. The van der Waals surface area contributed by atoms with Gasteiger partial charge in [-0.05, 0) is 16.0 Å². The zero-order chi connectivity index (χ0) is 26.5. The Kier molecular flexibility index (Phi) is 8.19. The molecule has 2 aromatic rings. The number of oxime groups is 1. The number of amides is 2. The number of aliphatic carboxylic acids is 1. The third-order valence-electron chi connectivity index (χ3n) is 4.93. The number of carbonyl (C=O) groups is 3. The van der Waals surface area contributed by atoms with Crippen molar-refractivity contribution in [1.29, 1.82) is 0 Å². The highest BCUT2D eigenvalue weighted by Gasteiger charge is 2.54. The predicted octanol–water partition coefficient (Wildman–Crippen LogP) is -0.270. The molecule has 15 nitrogen and oxygen atoms in total. The smallest absolute Gasteiger partial charge is 0.352 e. The van der Waals surface area contributed by atoms with E-state index in [0.29, 0.717) is 23.0 Å². The number of nitrogens with zero attached hydrogens (tertiary/aromatic N) is 8. The summed E-state index contributed by atoms with van der Waals surface area (Å²) in [6, 6.07) is -0.985. The normalized spacial score (nSPS) is 19.2. The second kappa shape index (κ2) is 11.5. The molecule has 18 heteroatoms. The van der Waals surface area contributed by atoms with Crippen molar-refractivity contribution in [2.45, 2.75) is 23.1 Å². The molecule has 0 radical (unpaired) electrons. The van der Waals surface area contributed by atoms with Gasteiger partial charge in [-0.3, -0.25) is 14.5 Å². The molecule has 4 rings (SSSR count). The number of allylic oxidation sites excluding steroid dienone is 1. The van der Waals surface area contributed by atoms with E-state index in [-0.39, 0.29) is 34.7 Å². The molecular formula is C19H20N10O5S3. The van der Waals surface area contributed by atoms with Crippen LogP contribution in [-0.2, 0) is 25.8 Å². The monoisotopic (exact) mass is 564 g/mol. The Hall–Kier alpha value is -3.77. The average molecular weight is 565 g/mol. The Bertz CT molecular complexity index is 1300. The third-order valence-corrected chi connectivity index (χ3v) is 7.86. The fraction of sp³-hybridized carbons (Fsp3) is 0.316.